The van der Waals surface area contributed by atoms with E-state index in [0.717, 1.165) is 11.3 Å². The molecule has 0 amide bonds. The first-order valence-electron chi connectivity index (χ1n) is 9.49. The van der Waals surface area contributed by atoms with Crippen molar-refractivity contribution >= 4 is 5.97 Å². The Bertz CT molecular complexity index is 822. The van der Waals surface area contributed by atoms with Crippen LogP contribution in [-0.4, -0.2) is 27.9 Å². The quantitative estimate of drug-likeness (QED) is 0.708. The van der Waals surface area contributed by atoms with Gasteiger partial charge < -0.3 is 19.7 Å². The zero-order chi connectivity index (χ0) is 20.5. The molecule has 5 nitrogen and oxygen atoms in total. The second kappa shape index (κ2) is 7.57. The van der Waals surface area contributed by atoms with Gasteiger partial charge in [0, 0.05) is 5.92 Å². The van der Waals surface area contributed by atoms with Gasteiger partial charge in [-0.05, 0) is 49.1 Å². The maximum Gasteiger partial charge on any atom is 0.310 e. The van der Waals surface area contributed by atoms with Crippen LogP contribution in [0.3, 0.4) is 0 Å². The molecule has 0 saturated heterocycles. The number of carbonyl (C=O) groups excluding carboxylic acids is 1. The SMILES string of the molecule is CC(C)(O)C(O)C1C(C(=O)OCc2cccc(Oc3ccccc3)c2)C1(C)C. The summed E-state index contributed by atoms with van der Waals surface area (Å²) >= 11 is 0. The summed E-state index contributed by atoms with van der Waals surface area (Å²) in [5, 5.41) is 20.4. The van der Waals surface area contributed by atoms with E-state index in [1.807, 2.05) is 68.4 Å². The van der Waals surface area contributed by atoms with Crippen LogP contribution >= 0.6 is 0 Å². The summed E-state index contributed by atoms with van der Waals surface area (Å²) in [6, 6.07) is 16.9. The van der Waals surface area contributed by atoms with Crippen LogP contribution < -0.4 is 4.74 Å². The molecule has 2 aromatic rings. The molecule has 1 saturated carbocycles. The van der Waals surface area contributed by atoms with Crippen molar-refractivity contribution in [3.8, 4) is 11.5 Å². The third-order valence-corrected chi connectivity index (χ3v) is 5.49. The lowest BCUT2D eigenvalue weighted by Crippen LogP contribution is -2.39. The number of aliphatic hydroxyl groups is 2. The second-order valence-corrected chi connectivity index (χ2v) is 8.59. The molecule has 3 unspecified atom stereocenters. The van der Waals surface area contributed by atoms with Gasteiger partial charge in [0.1, 0.15) is 18.1 Å². The normalized spacial score (nSPS) is 21.6. The molecule has 1 aliphatic rings. The molecule has 0 bridgehead atoms. The molecular formula is C23H28O5. The highest BCUT2D eigenvalue weighted by molar-refractivity contribution is 5.78. The number of aliphatic hydroxyl groups excluding tert-OH is 1. The molecule has 1 fully saturated rings. The lowest BCUT2D eigenvalue weighted by Gasteiger charge is -2.25. The first kappa shape index (κ1) is 20.4. The summed E-state index contributed by atoms with van der Waals surface area (Å²) in [7, 11) is 0. The Hall–Kier alpha value is -2.37. The van der Waals surface area contributed by atoms with E-state index in [-0.39, 0.29) is 18.5 Å². The van der Waals surface area contributed by atoms with Crippen molar-refractivity contribution < 1.29 is 24.5 Å². The van der Waals surface area contributed by atoms with Crippen molar-refractivity contribution in [2.75, 3.05) is 0 Å². The largest absolute Gasteiger partial charge is 0.461 e. The Morgan fingerprint density at radius 1 is 1.11 bits per heavy atom. The van der Waals surface area contributed by atoms with Crippen LogP contribution in [0.4, 0.5) is 0 Å². The highest BCUT2D eigenvalue weighted by Crippen LogP contribution is 2.61. The summed E-state index contributed by atoms with van der Waals surface area (Å²) in [5.74, 6) is 0.291. The van der Waals surface area contributed by atoms with Crippen LogP contribution in [0.15, 0.2) is 54.6 Å². The number of benzene rings is 2. The van der Waals surface area contributed by atoms with Crippen molar-refractivity contribution in [2.45, 2.75) is 46.0 Å². The van der Waals surface area contributed by atoms with Gasteiger partial charge in [-0.15, -0.1) is 0 Å². The van der Waals surface area contributed by atoms with Crippen LogP contribution in [0, 0.1) is 17.3 Å². The van der Waals surface area contributed by atoms with Crippen LogP contribution in [0.5, 0.6) is 11.5 Å². The lowest BCUT2D eigenvalue weighted by atomic mass is 9.93. The minimum atomic E-state index is -1.26. The summed E-state index contributed by atoms with van der Waals surface area (Å²) in [4.78, 5) is 12.6. The molecule has 5 heteroatoms. The third kappa shape index (κ3) is 4.37. The number of esters is 1. The van der Waals surface area contributed by atoms with Gasteiger partial charge in [-0.25, -0.2) is 0 Å². The van der Waals surface area contributed by atoms with Gasteiger partial charge in [-0.1, -0.05) is 44.2 Å². The fourth-order valence-electron chi connectivity index (χ4n) is 3.72. The Balaban J connectivity index is 1.60. The fraction of sp³-hybridized carbons (Fsp3) is 0.435. The van der Waals surface area contributed by atoms with E-state index < -0.39 is 23.0 Å². The van der Waals surface area contributed by atoms with Gasteiger partial charge in [0.15, 0.2) is 0 Å². The molecule has 3 atom stereocenters. The number of ether oxygens (including phenoxy) is 2. The van der Waals surface area contributed by atoms with Gasteiger partial charge in [0.25, 0.3) is 0 Å². The molecule has 0 spiro atoms. The van der Waals surface area contributed by atoms with Gasteiger partial charge in [0.2, 0.25) is 0 Å². The van der Waals surface area contributed by atoms with Gasteiger partial charge in [0.05, 0.1) is 17.6 Å². The molecule has 1 aliphatic carbocycles. The molecule has 0 aliphatic heterocycles. The minimum absolute atomic E-state index is 0.128. The number of hydrogen-bond acceptors (Lipinski definition) is 5. The summed E-state index contributed by atoms with van der Waals surface area (Å²) < 4.78 is 11.3. The monoisotopic (exact) mass is 384 g/mol. The topological polar surface area (TPSA) is 76.0 Å². The molecule has 2 aromatic carbocycles. The van der Waals surface area contributed by atoms with Crippen molar-refractivity contribution in [2.24, 2.45) is 17.3 Å². The number of para-hydroxylation sites is 1. The Morgan fingerprint density at radius 3 is 2.39 bits per heavy atom. The molecule has 0 radical (unpaired) electrons. The second-order valence-electron chi connectivity index (χ2n) is 8.59. The summed E-state index contributed by atoms with van der Waals surface area (Å²) in [6.45, 7) is 7.04. The molecule has 2 N–H and O–H groups in total. The summed E-state index contributed by atoms with van der Waals surface area (Å²) in [5.41, 5.74) is -0.853. The zero-order valence-corrected chi connectivity index (χ0v) is 16.8. The van der Waals surface area contributed by atoms with Crippen molar-refractivity contribution in [3.63, 3.8) is 0 Å². The van der Waals surface area contributed by atoms with Crippen LogP contribution in [-0.2, 0) is 16.1 Å². The average Bonchev–Trinajstić information content (AvgIpc) is 3.21. The first-order chi connectivity index (χ1) is 13.1. The van der Waals surface area contributed by atoms with E-state index in [9.17, 15) is 15.0 Å². The highest BCUT2D eigenvalue weighted by Gasteiger charge is 2.67. The van der Waals surface area contributed by atoms with Crippen LogP contribution in [0.2, 0.25) is 0 Å². The van der Waals surface area contributed by atoms with Crippen LogP contribution in [0.1, 0.15) is 33.3 Å². The first-order valence-corrected chi connectivity index (χ1v) is 9.49. The van der Waals surface area contributed by atoms with E-state index >= 15 is 0 Å². The van der Waals surface area contributed by atoms with Crippen LogP contribution in [0.25, 0.3) is 0 Å². The molecule has 0 heterocycles. The maximum atomic E-state index is 12.6. The van der Waals surface area contributed by atoms with Gasteiger partial charge >= 0.3 is 5.97 Å². The summed E-state index contributed by atoms with van der Waals surface area (Å²) in [6.07, 6.45) is -0.984. The van der Waals surface area contributed by atoms with Gasteiger partial charge in [-0.2, -0.15) is 0 Å². The Labute approximate surface area is 165 Å². The number of carbonyl (C=O) groups is 1. The number of rotatable bonds is 7. The highest BCUT2D eigenvalue weighted by atomic mass is 16.5. The fourth-order valence-corrected chi connectivity index (χ4v) is 3.72. The zero-order valence-electron chi connectivity index (χ0n) is 16.8. The van der Waals surface area contributed by atoms with E-state index in [0.29, 0.717) is 5.75 Å². The molecule has 150 valence electrons. The standard InChI is InChI=1S/C23H28O5/c1-22(2)18(20(24)23(3,4)26)19(22)21(25)27-14-15-9-8-12-17(13-15)28-16-10-6-5-7-11-16/h5-13,18-20,24,26H,14H2,1-4H3. The van der Waals surface area contributed by atoms with E-state index in [1.165, 1.54) is 0 Å². The lowest BCUT2D eigenvalue weighted by molar-refractivity contribution is -0.148. The Morgan fingerprint density at radius 2 is 1.75 bits per heavy atom. The van der Waals surface area contributed by atoms with Crippen molar-refractivity contribution in [1.29, 1.82) is 0 Å². The van der Waals surface area contributed by atoms with Crippen molar-refractivity contribution in [3.05, 3.63) is 60.2 Å². The molecule has 3 rings (SSSR count). The van der Waals surface area contributed by atoms with Gasteiger partial charge in [-0.3, -0.25) is 4.79 Å². The van der Waals surface area contributed by atoms with E-state index in [4.69, 9.17) is 9.47 Å². The van der Waals surface area contributed by atoms with E-state index in [2.05, 4.69) is 0 Å². The Kier molecular flexibility index (Phi) is 5.50. The average molecular weight is 384 g/mol. The van der Waals surface area contributed by atoms with Crippen molar-refractivity contribution in [1.82, 2.24) is 0 Å². The smallest absolute Gasteiger partial charge is 0.310 e. The minimum Gasteiger partial charge on any atom is -0.461 e. The van der Waals surface area contributed by atoms with E-state index in [1.54, 1.807) is 13.8 Å². The molecule has 0 aromatic heterocycles. The predicted molar refractivity (Wildman–Crippen MR) is 106 cm³/mol. The number of hydrogen-bond donors (Lipinski definition) is 2. The molecular weight excluding hydrogens is 356 g/mol. The predicted octanol–water partition coefficient (Wildman–Crippen LogP) is 3.93. The third-order valence-electron chi connectivity index (χ3n) is 5.49. The maximum absolute atomic E-state index is 12.6. The molecule has 28 heavy (non-hydrogen) atoms.